The van der Waals surface area contributed by atoms with Gasteiger partial charge in [0, 0.05) is 50.5 Å². The molecule has 3 rings (SSSR count). The summed E-state index contributed by atoms with van der Waals surface area (Å²) in [6, 6.07) is 7.09. The van der Waals surface area contributed by atoms with E-state index in [-0.39, 0.29) is 11.9 Å². The Labute approximate surface area is 135 Å². The van der Waals surface area contributed by atoms with E-state index in [1.807, 2.05) is 24.3 Å². The largest absolute Gasteiger partial charge is 0.379 e. The summed E-state index contributed by atoms with van der Waals surface area (Å²) in [5, 5.41) is 5.64. The summed E-state index contributed by atoms with van der Waals surface area (Å²) < 4.78 is 5.29. The molecule has 0 aliphatic carbocycles. The van der Waals surface area contributed by atoms with Crippen LogP contribution in [-0.2, 0) is 9.53 Å². The second-order valence-corrected chi connectivity index (χ2v) is 5.68. The van der Waals surface area contributed by atoms with E-state index in [2.05, 4.69) is 15.5 Å². The zero-order valence-electron chi connectivity index (χ0n) is 13.1. The second kappa shape index (κ2) is 7.43. The van der Waals surface area contributed by atoms with Crippen molar-refractivity contribution < 1.29 is 14.3 Å². The van der Waals surface area contributed by atoms with Crippen LogP contribution in [0.4, 0.5) is 16.2 Å². The van der Waals surface area contributed by atoms with Crippen LogP contribution in [0.15, 0.2) is 24.3 Å². The minimum Gasteiger partial charge on any atom is -0.379 e. The lowest BCUT2D eigenvalue weighted by atomic mass is 10.1. The number of benzene rings is 1. The van der Waals surface area contributed by atoms with Crippen molar-refractivity contribution >= 4 is 23.3 Å². The number of β-lactam (4-membered cyclic amide) rings is 1. The molecule has 0 unspecified atom stereocenters. The molecule has 0 spiro atoms. The first-order valence-electron chi connectivity index (χ1n) is 7.98. The predicted molar refractivity (Wildman–Crippen MR) is 87.7 cm³/mol. The number of hydrogen-bond donors (Lipinski definition) is 2. The fourth-order valence-electron chi connectivity index (χ4n) is 2.64. The van der Waals surface area contributed by atoms with Crippen LogP contribution in [0, 0.1) is 0 Å². The van der Waals surface area contributed by atoms with E-state index in [0.717, 1.165) is 45.1 Å². The Kier molecular flexibility index (Phi) is 5.09. The van der Waals surface area contributed by atoms with Gasteiger partial charge in [-0.15, -0.1) is 0 Å². The van der Waals surface area contributed by atoms with Crippen molar-refractivity contribution in [3.8, 4) is 0 Å². The van der Waals surface area contributed by atoms with Crippen LogP contribution >= 0.6 is 0 Å². The van der Waals surface area contributed by atoms with Crippen molar-refractivity contribution in [2.45, 2.75) is 6.42 Å². The Bertz CT molecular complexity index is 555. The van der Waals surface area contributed by atoms with Crippen molar-refractivity contribution in [1.29, 1.82) is 0 Å². The molecule has 2 saturated heterocycles. The summed E-state index contributed by atoms with van der Waals surface area (Å²) in [5.74, 6) is 0.145. The third kappa shape index (κ3) is 4.20. The molecule has 0 atom stereocenters. The molecule has 3 amide bonds. The van der Waals surface area contributed by atoms with Crippen LogP contribution in [0.1, 0.15) is 6.42 Å². The quantitative estimate of drug-likeness (QED) is 0.790. The normalized spacial score (nSPS) is 18.4. The fraction of sp³-hybridized carbons (Fsp3) is 0.500. The van der Waals surface area contributed by atoms with Gasteiger partial charge < -0.3 is 20.3 Å². The van der Waals surface area contributed by atoms with E-state index < -0.39 is 0 Å². The molecular formula is C16H22N4O3. The summed E-state index contributed by atoms with van der Waals surface area (Å²) in [6.45, 7) is 5.56. The third-order valence-electron chi connectivity index (χ3n) is 4.10. The molecular weight excluding hydrogens is 296 g/mol. The van der Waals surface area contributed by atoms with E-state index in [4.69, 9.17) is 4.74 Å². The van der Waals surface area contributed by atoms with E-state index in [9.17, 15) is 9.59 Å². The van der Waals surface area contributed by atoms with Crippen LogP contribution in [-0.4, -0.2) is 62.8 Å². The van der Waals surface area contributed by atoms with Crippen molar-refractivity contribution in [2.75, 3.05) is 56.2 Å². The molecule has 2 N–H and O–H groups in total. The summed E-state index contributed by atoms with van der Waals surface area (Å²) >= 11 is 0. The standard InChI is InChI=1S/C16H22N4O3/c21-15-5-7-20(15)14-3-1-13(2-4-14)18-16(22)17-6-8-19-9-11-23-12-10-19/h1-4H,5-12H2,(H2,17,18,22). The maximum Gasteiger partial charge on any atom is 0.319 e. The molecule has 2 fully saturated rings. The number of carbonyl (C=O) groups excluding carboxylic acids is 2. The Morgan fingerprint density at radius 2 is 1.87 bits per heavy atom. The molecule has 2 aliphatic heterocycles. The van der Waals surface area contributed by atoms with E-state index in [1.54, 1.807) is 4.90 Å². The van der Waals surface area contributed by atoms with Crippen LogP contribution in [0.2, 0.25) is 0 Å². The van der Waals surface area contributed by atoms with E-state index in [0.29, 0.717) is 18.7 Å². The molecule has 23 heavy (non-hydrogen) atoms. The lowest BCUT2D eigenvalue weighted by molar-refractivity contribution is -0.122. The summed E-state index contributed by atoms with van der Waals surface area (Å²) in [4.78, 5) is 27.2. The van der Waals surface area contributed by atoms with Gasteiger partial charge in [-0.2, -0.15) is 0 Å². The number of anilines is 2. The van der Waals surface area contributed by atoms with Crippen LogP contribution < -0.4 is 15.5 Å². The first-order chi connectivity index (χ1) is 11.2. The van der Waals surface area contributed by atoms with Gasteiger partial charge in [0.2, 0.25) is 5.91 Å². The predicted octanol–water partition coefficient (Wildman–Crippen LogP) is 0.877. The maximum absolute atomic E-state index is 11.9. The summed E-state index contributed by atoms with van der Waals surface area (Å²) in [7, 11) is 0. The van der Waals surface area contributed by atoms with Crippen LogP contribution in [0.3, 0.4) is 0 Å². The molecule has 0 saturated carbocycles. The lowest BCUT2D eigenvalue weighted by Crippen LogP contribution is -2.43. The topological polar surface area (TPSA) is 73.9 Å². The zero-order valence-corrected chi connectivity index (χ0v) is 13.1. The Balaban J connectivity index is 1.39. The molecule has 124 valence electrons. The maximum atomic E-state index is 11.9. The smallest absolute Gasteiger partial charge is 0.319 e. The molecule has 1 aromatic rings. The number of morpholine rings is 1. The highest BCUT2D eigenvalue weighted by molar-refractivity contribution is 5.99. The highest BCUT2D eigenvalue weighted by Crippen LogP contribution is 2.23. The molecule has 0 bridgehead atoms. The Hall–Kier alpha value is -2.12. The van der Waals surface area contributed by atoms with E-state index >= 15 is 0 Å². The van der Waals surface area contributed by atoms with Gasteiger partial charge in [-0.1, -0.05) is 0 Å². The summed E-state index contributed by atoms with van der Waals surface area (Å²) in [6.07, 6.45) is 0.617. The minimum absolute atomic E-state index is 0.145. The number of rotatable bonds is 5. The first kappa shape index (κ1) is 15.8. The Morgan fingerprint density at radius 1 is 1.13 bits per heavy atom. The molecule has 2 heterocycles. The first-order valence-corrected chi connectivity index (χ1v) is 7.98. The van der Waals surface area contributed by atoms with E-state index in [1.165, 1.54) is 0 Å². The lowest BCUT2D eigenvalue weighted by Gasteiger charge is -2.30. The molecule has 0 radical (unpaired) electrons. The number of nitrogens with one attached hydrogen (secondary N) is 2. The number of nitrogens with zero attached hydrogens (tertiary/aromatic N) is 2. The van der Waals surface area contributed by atoms with Gasteiger partial charge in [0.25, 0.3) is 0 Å². The number of urea groups is 1. The molecule has 1 aromatic carbocycles. The second-order valence-electron chi connectivity index (χ2n) is 5.68. The van der Waals surface area contributed by atoms with Crippen LogP contribution in [0.5, 0.6) is 0 Å². The van der Waals surface area contributed by atoms with Gasteiger partial charge >= 0.3 is 6.03 Å². The Morgan fingerprint density at radius 3 is 2.48 bits per heavy atom. The van der Waals surface area contributed by atoms with Crippen molar-refractivity contribution in [3.05, 3.63) is 24.3 Å². The SMILES string of the molecule is O=C(NCCN1CCOCC1)Nc1ccc(N2CCC2=O)cc1. The van der Waals surface area contributed by atoms with Gasteiger partial charge in [0.1, 0.15) is 0 Å². The number of ether oxygens (including phenoxy) is 1. The fourth-order valence-corrected chi connectivity index (χ4v) is 2.64. The van der Waals surface area contributed by atoms with Crippen molar-refractivity contribution in [3.63, 3.8) is 0 Å². The summed E-state index contributed by atoms with van der Waals surface area (Å²) in [5.41, 5.74) is 1.59. The van der Waals surface area contributed by atoms with Gasteiger partial charge in [-0.25, -0.2) is 4.79 Å². The average molecular weight is 318 g/mol. The average Bonchev–Trinajstić information content (AvgIpc) is 2.56. The molecule has 0 aromatic heterocycles. The molecule has 2 aliphatic rings. The van der Waals surface area contributed by atoms with Gasteiger partial charge in [0.15, 0.2) is 0 Å². The monoisotopic (exact) mass is 318 g/mol. The number of hydrogen-bond acceptors (Lipinski definition) is 4. The molecule has 7 heteroatoms. The van der Waals surface area contributed by atoms with Gasteiger partial charge in [-0.05, 0) is 24.3 Å². The van der Waals surface area contributed by atoms with Crippen molar-refractivity contribution in [1.82, 2.24) is 10.2 Å². The third-order valence-corrected chi connectivity index (χ3v) is 4.10. The number of carbonyl (C=O) groups is 2. The highest BCUT2D eigenvalue weighted by Gasteiger charge is 2.24. The van der Waals surface area contributed by atoms with Crippen molar-refractivity contribution in [2.24, 2.45) is 0 Å². The highest BCUT2D eigenvalue weighted by atomic mass is 16.5. The number of amides is 3. The van der Waals surface area contributed by atoms with Gasteiger partial charge in [0.05, 0.1) is 13.2 Å². The zero-order chi connectivity index (χ0) is 16.1. The molecule has 7 nitrogen and oxygen atoms in total. The van der Waals surface area contributed by atoms with Crippen LogP contribution in [0.25, 0.3) is 0 Å². The van der Waals surface area contributed by atoms with Gasteiger partial charge in [-0.3, -0.25) is 9.69 Å². The minimum atomic E-state index is -0.217.